The summed E-state index contributed by atoms with van der Waals surface area (Å²) in [5, 5.41) is 3.42. The van der Waals surface area contributed by atoms with Crippen molar-refractivity contribution in [2.45, 2.75) is 32.2 Å². The van der Waals surface area contributed by atoms with Crippen LogP contribution in [0.1, 0.15) is 37.9 Å². The van der Waals surface area contributed by atoms with Crippen LogP contribution in [0.15, 0.2) is 18.3 Å². The molecule has 1 unspecified atom stereocenters. The average molecular weight is 240 g/mol. The van der Waals surface area contributed by atoms with Gasteiger partial charge in [-0.05, 0) is 37.9 Å². The van der Waals surface area contributed by atoms with Crippen molar-refractivity contribution in [3.63, 3.8) is 0 Å². The van der Waals surface area contributed by atoms with Gasteiger partial charge in [-0.25, -0.2) is 4.39 Å². The lowest BCUT2D eigenvalue weighted by Crippen LogP contribution is -2.23. The first-order chi connectivity index (χ1) is 8.27. The van der Waals surface area contributed by atoms with Gasteiger partial charge in [0.2, 0.25) is 0 Å². The van der Waals surface area contributed by atoms with Gasteiger partial charge in [0.1, 0.15) is 5.82 Å². The van der Waals surface area contributed by atoms with Crippen LogP contribution in [0.5, 0.6) is 0 Å². The number of rotatable bonds is 8. The normalized spacial score (nSPS) is 12.6. The molecule has 0 radical (unpaired) electrons. The molecule has 1 rings (SSSR count). The standard InChI is InChI=1S/C13H21FN2O/c1-3-12(15-8-4-5-9-17-2)13-7-6-11(14)10-16-13/h6-7,10,12,15H,3-5,8-9H2,1-2H3. The smallest absolute Gasteiger partial charge is 0.141 e. The van der Waals surface area contributed by atoms with Crippen LogP contribution in [0.3, 0.4) is 0 Å². The van der Waals surface area contributed by atoms with Gasteiger partial charge in [-0.1, -0.05) is 6.92 Å². The molecule has 1 heterocycles. The molecule has 0 aliphatic carbocycles. The van der Waals surface area contributed by atoms with E-state index in [1.807, 2.05) is 0 Å². The van der Waals surface area contributed by atoms with Crippen LogP contribution in [-0.4, -0.2) is 25.2 Å². The fourth-order valence-corrected chi connectivity index (χ4v) is 1.70. The SMILES string of the molecule is CCC(NCCCCOC)c1ccc(F)cn1. The molecule has 0 aromatic carbocycles. The summed E-state index contributed by atoms with van der Waals surface area (Å²) in [7, 11) is 1.71. The van der Waals surface area contributed by atoms with Gasteiger partial charge in [-0.2, -0.15) is 0 Å². The van der Waals surface area contributed by atoms with Gasteiger partial charge in [0.05, 0.1) is 11.9 Å². The summed E-state index contributed by atoms with van der Waals surface area (Å²) in [5.74, 6) is -0.288. The number of methoxy groups -OCH3 is 1. The van der Waals surface area contributed by atoms with Crippen molar-refractivity contribution in [1.82, 2.24) is 10.3 Å². The zero-order valence-electron chi connectivity index (χ0n) is 10.6. The molecular formula is C13H21FN2O. The van der Waals surface area contributed by atoms with E-state index in [9.17, 15) is 4.39 Å². The Hall–Kier alpha value is -1.00. The average Bonchev–Trinajstić information content (AvgIpc) is 2.35. The molecule has 0 fully saturated rings. The van der Waals surface area contributed by atoms with Crippen molar-refractivity contribution in [2.24, 2.45) is 0 Å². The Morgan fingerprint density at radius 2 is 2.24 bits per heavy atom. The summed E-state index contributed by atoms with van der Waals surface area (Å²) in [4.78, 5) is 4.10. The zero-order valence-corrected chi connectivity index (χ0v) is 10.6. The molecule has 1 atom stereocenters. The summed E-state index contributed by atoms with van der Waals surface area (Å²) in [6.45, 7) is 3.83. The number of aromatic nitrogens is 1. The Morgan fingerprint density at radius 1 is 1.41 bits per heavy atom. The topological polar surface area (TPSA) is 34.1 Å². The van der Waals surface area contributed by atoms with E-state index in [-0.39, 0.29) is 11.9 Å². The first kappa shape index (κ1) is 14.1. The van der Waals surface area contributed by atoms with Crippen LogP contribution in [-0.2, 0) is 4.74 Å². The lowest BCUT2D eigenvalue weighted by molar-refractivity contribution is 0.192. The minimum Gasteiger partial charge on any atom is -0.385 e. The van der Waals surface area contributed by atoms with E-state index in [1.54, 1.807) is 13.2 Å². The van der Waals surface area contributed by atoms with Crippen LogP contribution >= 0.6 is 0 Å². The number of halogens is 1. The highest BCUT2D eigenvalue weighted by Gasteiger charge is 2.09. The summed E-state index contributed by atoms with van der Waals surface area (Å²) >= 11 is 0. The van der Waals surface area contributed by atoms with Crippen LogP contribution in [0, 0.1) is 5.82 Å². The van der Waals surface area contributed by atoms with E-state index in [4.69, 9.17) is 4.74 Å². The highest BCUT2D eigenvalue weighted by Crippen LogP contribution is 2.14. The molecule has 1 aromatic rings. The van der Waals surface area contributed by atoms with Crippen molar-refractivity contribution in [1.29, 1.82) is 0 Å². The third-order valence-corrected chi connectivity index (χ3v) is 2.68. The zero-order chi connectivity index (χ0) is 12.5. The van der Waals surface area contributed by atoms with Crippen LogP contribution in [0.2, 0.25) is 0 Å². The number of nitrogens with zero attached hydrogens (tertiary/aromatic N) is 1. The van der Waals surface area contributed by atoms with Crippen LogP contribution in [0.25, 0.3) is 0 Å². The molecule has 17 heavy (non-hydrogen) atoms. The molecular weight excluding hydrogens is 219 g/mol. The first-order valence-corrected chi connectivity index (χ1v) is 6.11. The molecule has 0 spiro atoms. The fourth-order valence-electron chi connectivity index (χ4n) is 1.70. The van der Waals surface area contributed by atoms with E-state index in [2.05, 4.69) is 17.2 Å². The monoisotopic (exact) mass is 240 g/mol. The number of unbranched alkanes of at least 4 members (excludes halogenated alkanes) is 1. The highest BCUT2D eigenvalue weighted by molar-refractivity contribution is 5.09. The van der Waals surface area contributed by atoms with E-state index in [0.717, 1.165) is 38.1 Å². The molecule has 96 valence electrons. The molecule has 4 heteroatoms. The second-order valence-corrected chi connectivity index (χ2v) is 4.02. The number of pyridine rings is 1. The fraction of sp³-hybridized carbons (Fsp3) is 0.615. The maximum absolute atomic E-state index is 12.7. The van der Waals surface area contributed by atoms with E-state index in [1.165, 1.54) is 12.3 Å². The largest absolute Gasteiger partial charge is 0.385 e. The second kappa shape index (κ2) is 8.14. The summed E-state index contributed by atoms with van der Waals surface area (Å²) in [6, 6.07) is 3.40. The van der Waals surface area contributed by atoms with Crippen LogP contribution < -0.4 is 5.32 Å². The van der Waals surface area contributed by atoms with Gasteiger partial charge in [0, 0.05) is 19.8 Å². The van der Waals surface area contributed by atoms with Crippen molar-refractivity contribution >= 4 is 0 Å². The summed E-state index contributed by atoms with van der Waals surface area (Å²) in [6.07, 6.45) is 4.34. The Morgan fingerprint density at radius 3 is 2.82 bits per heavy atom. The first-order valence-electron chi connectivity index (χ1n) is 6.11. The number of hydrogen-bond acceptors (Lipinski definition) is 3. The molecule has 1 aromatic heterocycles. The van der Waals surface area contributed by atoms with Gasteiger partial charge in [-0.15, -0.1) is 0 Å². The minimum atomic E-state index is -0.288. The van der Waals surface area contributed by atoms with Gasteiger partial charge >= 0.3 is 0 Å². The second-order valence-electron chi connectivity index (χ2n) is 4.02. The highest BCUT2D eigenvalue weighted by atomic mass is 19.1. The quantitative estimate of drug-likeness (QED) is 0.709. The van der Waals surface area contributed by atoms with Crippen LogP contribution in [0.4, 0.5) is 4.39 Å². The number of nitrogens with one attached hydrogen (secondary N) is 1. The van der Waals surface area contributed by atoms with Gasteiger partial charge in [0.25, 0.3) is 0 Å². The molecule has 0 aliphatic heterocycles. The molecule has 0 aliphatic rings. The Bertz CT molecular complexity index is 303. The van der Waals surface area contributed by atoms with Gasteiger partial charge in [-0.3, -0.25) is 4.98 Å². The Kier molecular flexibility index (Phi) is 6.74. The predicted molar refractivity (Wildman–Crippen MR) is 66.3 cm³/mol. The van der Waals surface area contributed by atoms with Gasteiger partial charge in [0.15, 0.2) is 0 Å². The third kappa shape index (κ3) is 5.24. The molecule has 1 N–H and O–H groups in total. The lowest BCUT2D eigenvalue weighted by Gasteiger charge is -2.16. The molecule has 0 saturated heterocycles. The maximum atomic E-state index is 12.7. The summed E-state index contributed by atoms with van der Waals surface area (Å²) in [5.41, 5.74) is 0.903. The van der Waals surface area contributed by atoms with Gasteiger partial charge < -0.3 is 10.1 Å². The molecule has 0 bridgehead atoms. The van der Waals surface area contributed by atoms with E-state index >= 15 is 0 Å². The summed E-state index contributed by atoms with van der Waals surface area (Å²) < 4.78 is 17.7. The Labute approximate surface area is 102 Å². The molecule has 0 amide bonds. The van der Waals surface area contributed by atoms with Crippen molar-refractivity contribution in [3.05, 3.63) is 29.8 Å². The maximum Gasteiger partial charge on any atom is 0.141 e. The van der Waals surface area contributed by atoms with E-state index < -0.39 is 0 Å². The predicted octanol–water partition coefficient (Wildman–Crippen LogP) is 2.69. The lowest BCUT2D eigenvalue weighted by atomic mass is 10.1. The van der Waals surface area contributed by atoms with Crippen molar-refractivity contribution < 1.29 is 9.13 Å². The minimum absolute atomic E-state index is 0.207. The molecule has 3 nitrogen and oxygen atoms in total. The third-order valence-electron chi connectivity index (χ3n) is 2.68. The van der Waals surface area contributed by atoms with Crippen molar-refractivity contribution in [3.8, 4) is 0 Å². The molecule has 0 saturated carbocycles. The van der Waals surface area contributed by atoms with E-state index in [0.29, 0.717) is 0 Å². The number of ether oxygens (including phenoxy) is 1. The Balaban J connectivity index is 2.35. The van der Waals surface area contributed by atoms with Crippen molar-refractivity contribution in [2.75, 3.05) is 20.3 Å². The number of hydrogen-bond donors (Lipinski definition) is 1.